The summed E-state index contributed by atoms with van der Waals surface area (Å²) in [5, 5.41) is 8.58. The number of aromatic nitrogens is 2. The lowest BCUT2D eigenvalue weighted by molar-refractivity contribution is 0.197. The predicted octanol–water partition coefficient (Wildman–Crippen LogP) is 3.09. The van der Waals surface area contributed by atoms with E-state index in [1.54, 1.807) is 0 Å². The van der Waals surface area contributed by atoms with Gasteiger partial charge in [0.2, 0.25) is 5.88 Å². The highest BCUT2D eigenvalue weighted by molar-refractivity contribution is 5.18. The van der Waals surface area contributed by atoms with Crippen LogP contribution in [0.15, 0.2) is 12.4 Å². The molecular weight excluding hydrogens is 214 g/mol. The first kappa shape index (κ1) is 13.4. The Morgan fingerprint density at radius 3 is 2.71 bits per heavy atom. The number of ether oxygens (including phenoxy) is 1. The molecule has 0 spiro atoms. The Morgan fingerprint density at radius 2 is 2.12 bits per heavy atom. The monoisotopic (exact) mass is 233 g/mol. The molecule has 0 saturated heterocycles. The molecule has 92 valence electrons. The van der Waals surface area contributed by atoms with Crippen LogP contribution in [0.1, 0.15) is 51.6 Å². The van der Waals surface area contributed by atoms with Crippen LogP contribution in [-0.2, 0) is 0 Å². The molecule has 0 N–H and O–H groups in total. The van der Waals surface area contributed by atoms with Crippen LogP contribution in [0.2, 0.25) is 0 Å². The van der Waals surface area contributed by atoms with Gasteiger partial charge in [0.1, 0.15) is 6.07 Å². The summed E-state index contributed by atoms with van der Waals surface area (Å²) in [6.07, 6.45) is 9.07. The molecule has 1 heterocycles. The van der Waals surface area contributed by atoms with Gasteiger partial charge < -0.3 is 4.74 Å². The summed E-state index contributed by atoms with van der Waals surface area (Å²) < 4.78 is 5.61. The van der Waals surface area contributed by atoms with Crippen molar-refractivity contribution in [3.05, 3.63) is 18.1 Å². The van der Waals surface area contributed by atoms with Gasteiger partial charge in [0.15, 0.2) is 5.69 Å². The fourth-order valence-corrected chi connectivity index (χ4v) is 1.56. The summed E-state index contributed by atoms with van der Waals surface area (Å²) in [7, 11) is 0. The molecule has 1 aromatic rings. The van der Waals surface area contributed by atoms with Gasteiger partial charge in [0.25, 0.3) is 0 Å². The lowest BCUT2D eigenvalue weighted by Gasteiger charge is -2.13. The highest BCUT2D eigenvalue weighted by Crippen LogP contribution is 2.11. The van der Waals surface area contributed by atoms with Crippen molar-refractivity contribution < 1.29 is 4.74 Å². The molecule has 0 aliphatic rings. The molecule has 0 aliphatic heterocycles. The maximum absolute atomic E-state index is 8.58. The van der Waals surface area contributed by atoms with Crippen molar-refractivity contribution in [1.82, 2.24) is 9.97 Å². The van der Waals surface area contributed by atoms with E-state index >= 15 is 0 Å². The minimum absolute atomic E-state index is 0.147. The van der Waals surface area contributed by atoms with Crippen LogP contribution in [-0.4, -0.2) is 16.1 Å². The third kappa shape index (κ3) is 5.30. The van der Waals surface area contributed by atoms with Crippen molar-refractivity contribution in [3.8, 4) is 11.9 Å². The molecule has 4 nitrogen and oxygen atoms in total. The van der Waals surface area contributed by atoms with Gasteiger partial charge in [-0.2, -0.15) is 5.26 Å². The number of hydrogen-bond donors (Lipinski definition) is 0. The molecule has 1 rings (SSSR count). The normalized spacial score (nSPS) is 11.8. The smallest absolute Gasteiger partial charge is 0.232 e. The molecule has 0 amide bonds. The summed E-state index contributed by atoms with van der Waals surface area (Å²) in [5.41, 5.74) is 0.313. The van der Waals surface area contributed by atoms with Gasteiger partial charge in [-0.25, -0.2) is 9.97 Å². The zero-order valence-corrected chi connectivity index (χ0v) is 10.5. The summed E-state index contributed by atoms with van der Waals surface area (Å²) in [4.78, 5) is 7.94. The van der Waals surface area contributed by atoms with E-state index in [4.69, 9.17) is 10.00 Å². The molecular formula is C13H19N3O. The average Bonchev–Trinajstić information content (AvgIpc) is 2.36. The standard InChI is InChI=1S/C13H19N3O/c1-3-4-5-6-7-11(2)17-13-10-15-12(8-14)9-16-13/h9-11H,3-7H2,1-2H3. The third-order valence-electron chi connectivity index (χ3n) is 2.53. The molecule has 17 heavy (non-hydrogen) atoms. The van der Waals surface area contributed by atoms with E-state index in [-0.39, 0.29) is 6.10 Å². The SMILES string of the molecule is CCCCCCC(C)Oc1cnc(C#N)cn1. The van der Waals surface area contributed by atoms with Crippen LogP contribution in [0.5, 0.6) is 5.88 Å². The molecule has 0 aromatic carbocycles. The summed E-state index contributed by atoms with van der Waals surface area (Å²) in [5.74, 6) is 0.493. The van der Waals surface area contributed by atoms with Crippen molar-refractivity contribution in [2.24, 2.45) is 0 Å². The first-order chi connectivity index (χ1) is 8.26. The Bertz CT molecular complexity index is 356. The molecule has 1 unspecified atom stereocenters. The van der Waals surface area contributed by atoms with E-state index in [9.17, 15) is 0 Å². The highest BCUT2D eigenvalue weighted by atomic mass is 16.5. The van der Waals surface area contributed by atoms with E-state index in [1.807, 2.05) is 13.0 Å². The van der Waals surface area contributed by atoms with Gasteiger partial charge >= 0.3 is 0 Å². The van der Waals surface area contributed by atoms with E-state index < -0.39 is 0 Å². The molecule has 4 heteroatoms. The third-order valence-corrected chi connectivity index (χ3v) is 2.53. The Hall–Kier alpha value is -1.63. The Balaban J connectivity index is 2.30. The molecule has 0 bridgehead atoms. The van der Waals surface area contributed by atoms with E-state index in [1.165, 1.54) is 38.1 Å². The number of nitriles is 1. The predicted molar refractivity (Wildman–Crippen MR) is 65.6 cm³/mol. The molecule has 1 atom stereocenters. The van der Waals surface area contributed by atoms with E-state index in [0.717, 1.165) is 6.42 Å². The van der Waals surface area contributed by atoms with E-state index in [0.29, 0.717) is 11.6 Å². The largest absolute Gasteiger partial charge is 0.474 e. The van der Waals surface area contributed by atoms with Gasteiger partial charge in [0.05, 0.1) is 18.5 Å². The van der Waals surface area contributed by atoms with Crippen molar-refractivity contribution in [3.63, 3.8) is 0 Å². The Labute approximate surface area is 103 Å². The van der Waals surface area contributed by atoms with Crippen molar-refractivity contribution >= 4 is 0 Å². The highest BCUT2D eigenvalue weighted by Gasteiger charge is 2.05. The van der Waals surface area contributed by atoms with Crippen molar-refractivity contribution in [2.75, 3.05) is 0 Å². The van der Waals surface area contributed by atoms with Crippen LogP contribution in [0.3, 0.4) is 0 Å². The van der Waals surface area contributed by atoms with Crippen LogP contribution in [0.25, 0.3) is 0 Å². The molecule has 0 saturated carbocycles. The number of nitrogens with zero attached hydrogens (tertiary/aromatic N) is 3. The molecule has 0 fully saturated rings. The average molecular weight is 233 g/mol. The second-order valence-electron chi connectivity index (χ2n) is 4.13. The number of unbranched alkanes of at least 4 members (excludes halogenated alkanes) is 3. The van der Waals surface area contributed by atoms with Gasteiger partial charge in [-0.3, -0.25) is 0 Å². The van der Waals surface area contributed by atoms with Gasteiger partial charge in [-0.1, -0.05) is 26.2 Å². The van der Waals surface area contributed by atoms with Crippen molar-refractivity contribution in [2.45, 2.75) is 52.1 Å². The Morgan fingerprint density at radius 1 is 1.29 bits per heavy atom. The zero-order chi connectivity index (χ0) is 12.5. The molecule has 1 aromatic heterocycles. The molecule has 0 radical (unpaired) electrons. The second-order valence-corrected chi connectivity index (χ2v) is 4.13. The minimum Gasteiger partial charge on any atom is -0.474 e. The van der Waals surface area contributed by atoms with Crippen molar-refractivity contribution in [1.29, 1.82) is 5.26 Å². The van der Waals surface area contributed by atoms with Gasteiger partial charge in [0, 0.05) is 0 Å². The molecule has 0 aliphatic carbocycles. The second kappa shape index (κ2) is 7.61. The fourth-order valence-electron chi connectivity index (χ4n) is 1.56. The topological polar surface area (TPSA) is 58.8 Å². The number of hydrogen-bond acceptors (Lipinski definition) is 4. The maximum Gasteiger partial charge on any atom is 0.232 e. The lowest BCUT2D eigenvalue weighted by Crippen LogP contribution is -2.12. The summed E-state index contributed by atoms with van der Waals surface area (Å²) in [6.45, 7) is 4.23. The summed E-state index contributed by atoms with van der Waals surface area (Å²) >= 11 is 0. The number of rotatable bonds is 7. The Kier molecular flexibility index (Phi) is 6.02. The van der Waals surface area contributed by atoms with Crippen LogP contribution in [0.4, 0.5) is 0 Å². The maximum atomic E-state index is 8.58. The zero-order valence-electron chi connectivity index (χ0n) is 10.5. The van der Waals surface area contributed by atoms with E-state index in [2.05, 4.69) is 16.9 Å². The summed E-state index contributed by atoms with van der Waals surface area (Å²) in [6, 6.07) is 1.93. The quantitative estimate of drug-likeness (QED) is 0.679. The minimum atomic E-state index is 0.147. The van der Waals surface area contributed by atoms with Crippen LogP contribution in [0, 0.1) is 11.3 Å². The lowest BCUT2D eigenvalue weighted by atomic mass is 10.1. The van der Waals surface area contributed by atoms with Gasteiger partial charge in [-0.15, -0.1) is 0 Å². The van der Waals surface area contributed by atoms with Crippen LogP contribution < -0.4 is 4.74 Å². The first-order valence-electron chi connectivity index (χ1n) is 6.15. The van der Waals surface area contributed by atoms with Gasteiger partial charge in [-0.05, 0) is 19.8 Å². The first-order valence-corrected chi connectivity index (χ1v) is 6.15. The van der Waals surface area contributed by atoms with Crippen LogP contribution >= 0.6 is 0 Å². The fraction of sp³-hybridized carbons (Fsp3) is 0.615.